The first-order chi connectivity index (χ1) is 7.82. The van der Waals surface area contributed by atoms with Crippen molar-refractivity contribution in [2.75, 3.05) is 5.73 Å². The molecule has 1 rings (SSSR count). The van der Waals surface area contributed by atoms with Crippen molar-refractivity contribution in [2.24, 2.45) is 5.73 Å². The number of nitrogens with two attached hydrogens (primary N) is 2. The molecule has 0 aliphatic heterocycles. The van der Waals surface area contributed by atoms with E-state index in [9.17, 15) is 9.59 Å². The summed E-state index contributed by atoms with van der Waals surface area (Å²) in [6.45, 7) is 0. The van der Waals surface area contributed by atoms with Crippen LogP contribution in [0.25, 0.3) is 0 Å². The van der Waals surface area contributed by atoms with Gasteiger partial charge in [0.1, 0.15) is 6.04 Å². The van der Waals surface area contributed by atoms with Crippen molar-refractivity contribution in [3.05, 3.63) is 29.8 Å². The van der Waals surface area contributed by atoms with E-state index >= 15 is 0 Å². The number of rotatable bonds is 4. The quantitative estimate of drug-likeness (QED) is 0.488. The second kappa shape index (κ2) is 4.56. The molecular formula is C10H12N2O3. The highest BCUT2D eigenvalue weighted by molar-refractivity contribution is 6.02. The summed E-state index contributed by atoms with van der Waals surface area (Å²) in [5.41, 5.74) is 10.7. The van der Waals surface area contributed by atoms with E-state index < -0.39 is 24.2 Å². The maximum Gasteiger partial charge on any atom is 0.320 e. The number of para-hydroxylation sites is 1. The number of Topliss-reactive ketones (excluding diaryl/α,β-unsaturated/α-hetero) is 1. The van der Waals surface area contributed by atoms with Gasteiger partial charge in [0.15, 0.2) is 5.78 Å². The van der Waals surface area contributed by atoms with Crippen LogP contribution in [0.3, 0.4) is 0 Å². The Morgan fingerprint density at radius 1 is 1.60 bits per heavy atom. The third-order valence-corrected chi connectivity index (χ3v) is 1.85. The Kier molecular flexibility index (Phi) is 2.57. The van der Waals surface area contributed by atoms with Crippen LogP contribution in [0.1, 0.15) is 19.5 Å². The zero-order valence-electron chi connectivity index (χ0n) is 9.86. The Bertz CT molecular complexity index is 477. The fourth-order valence-corrected chi connectivity index (χ4v) is 1.03. The van der Waals surface area contributed by atoms with E-state index in [1.165, 1.54) is 12.1 Å². The Hall–Kier alpha value is -1.88. The number of carboxylic acid groups (broad SMARTS) is 1. The summed E-state index contributed by atoms with van der Waals surface area (Å²) >= 11 is 0. The van der Waals surface area contributed by atoms with E-state index in [-0.39, 0.29) is 23.3 Å². The maximum absolute atomic E-state index is 11.7. The number of carbonyl (C=O) groups is 2. The summed E-state index contributed by atoms with van der Waals surface area (Å²) in [7, 11) is 0. The zero-order valence-corrected chi connectivity index (χ0v) is 7.86. The summed E-state index contributed by atoms with van der Waals surface area (Å²) in [4.78, 5) is 22.2. The Morgan fingerprint density at radius 2 is 2.27 bits per heavy atom. The predicted molar refractivity (Wildman–Crippen MR) is 55.4 cm³/mol. The van der Waals surface area contributed by atoms with Gasteiger partial charge < -0.3 is 16.6 Å². The summed E-state index contributed by atoms with van der Waals surface area (Å²) in [5.74, 6) is -1.87. The van der Waals surface area contributed by atoms with Crippen molar-refractivity contribution in [2.45, 2.75) is 12.5 Å². The first-order valence-electron chi connectivity index (χ1n) is 5.21. The van der Waals surface area contributed by atoms with E-state index in [0.29, 0.717) is 0 Å². The van der Waals surface area contributed by atoms with Gasteiger partial charge in [-0.25, -0.2) is 0 Å². The molecule has 0 saturated heterocycles. The summed E-state index contributed by atoms with van der Waals surface area (Å²) in [6.07, 6.45) is -0.414. The van der Waals surface area contributed by atoms with Gasteiger partial charge in [0.05, 0.1) is 2.74 Å². The monoisotopic (exact) mass is 210 g/mol. The standard InChI is InChI=1S/C10H12N2O3/c11-7-4-2-1-3-6(7)9(13)5-8(12)10(14)15/h1-4,8H,5,11-12H2,(H,14,15)/t8-/m0/s1/i1D,4D. The van der Waals surface area contributed by atoms with Gasteiger partial charge in [-0.2, -0.15) is 0 Å². The average Bonchev–Trinajstić information content (AvgIpc) is 2.22. The minimum atomic E-state index is -1.31. The Morgan fingerprint density at radius 3 is 2.87 bits per heavy atom. The van der Waals surface area contributed by atoms with Gasteiger partial charge in [0.2, 0.25) is 0 Å². The van der Waals surface area contributed by atoms with Gasteiger partial charge in [-0.15, -0.1) is 0 Å². The molecule has 1 aromatic carbocycles. The van der Waals surface area contributed by atoms with Crippen molar-refractivity contribution in [3.63, 3.8) is 0 Å². The van der Waals surface area contributed by atoms with Crippen LogP contribution in [0.4, 0.5) is 5.69 Å². The number of nitrogen functional groups attached to an aromatic ring is 1. The molecule has 0 fully saturated rings. The molecule has 0 aliphatic rings. The van der Waals surface area contributed by atoms with Gasteiger partial charge in [-0.05, 0) is 12.1 Å². The van der Waals surface area contributed by atoms with Crippen molar-refractivity contribution in [1.82, 2.24) is 0 Å². The lowest BCUT2D eigenvalue weighted by Gasteiger charge is -2.07. The Balaban J connectivity index is 3.01. The number of ketones is 1. The predicted octanol–water partition coefficient (Wildman–Crippen LogP) is 0.253. The number of hydrogen-bond donors (Lipinski definition) is 3. The second-order valence-corrected chi connectivity index (χ2v) is 3.00. The van der Waals surface area contributed by atoms with E-state index in [4.69, 9.17) is 19.3 Å². The van der Waals surface area contributed by atoms with Crippen LogP contribution in [0.5, 0.6) is 0 Å². The Labute approximate surface area is 89.5 Å². The summed E-state index contributed by atoms with van der Waals surface area (Å²) < 4.78 is 14.8. The van der Waals surface area contributed by atoms with Gasteiger partial charge in [0.25, 0.3) is 0 Å². The van der Waals surface area contributed by atoms with Crippen LogP contribution in [-0.4, -0.2) is 22.9 Å². The molecule has 0 aliphatic carbocycles. The van der Waals surface area contributed by atoms with Crippen LogP contribution in [-0.2, 0) is 4.79 Å². The van der Waals surface area contributed by atoms with Crippen molar-refractivity contribution in [1.29, 1.82) is 0 Å². The molecule has 0 unspecified atom stereocenters. The van der Waals surface area contributed by atoms with Crippen molar-refractivity contribution in [3.8, 4) is 0 Å². The molecule has 0 aromatic heterocycles. The third-order valence-electron chi connectivity index (χ3n) is 1.85. The smallest absolute Gasteiger partial charge is 0.320 e. The number of carbonyl (C=O) groups excluding carboxylic acids is 1. The molecule has 0 spiro atoms. The lowest BCUT2D eigenvalue weighted by molar-refractivity contribution is -0.138. The molecule has 0 saturated carbocycles. The van der Waals surface area contributed by atoms with Gasteiger partial charge in [-0.1, -0.05) is 12.1 Å². The number of anilines is 1. The van der Waals surface area contributed by atoms with Gasteiger partial charge >= 0.3 is 5.97 Å². The molecule has 1 aromatic rings. The lowest BCUT2D eigenvalue weighted by atomic mass is 10.0. The molecule has 1 atom stereocenters. The highest BCUT2D eigenvalue weighted by Gasteiger charge is 2.18. The molecule has 80 valence electrons. The van der Waals surface area contributed by atoms with Crippen LogP contribution >= 0.6 is 0 Å². The largest absolute Gasteiger partial charge is 0.480 e. The molecule has 5 heteroatoms. The van der Waals surface area contributed by atoms with Crippen molar-refractivity contribution >= 4 is 17.4 Å². The minimum absolute atomic E-state index is 0.0285. The van der Waals surface area contributed by atoms with Crippen LogP contribution < -0.4 is 11.5 Å². The highest BCUT2D eigenvalue weighted by Crippen LogP contribution is 2.13. The SMILES string of the molecule is [2H]c1cc([2H])c(N)c(C(=O)C[C@H](N)C(=O)O)c1. The van der Waals surface area contributed by atoms with E-state index in [2.05, 4.69) is 0 Å². The topological polar surface area (TPSA) is 106 Å². The summed E-state index contributed by atoms with van der Waals surface area (Å²) in [5, 5.41) is 8.57. The van der Waals surface area contributed by atoms with E-state index in [1.807, 2.05) is 0 Å². The molecule has 5 nitrogen and oxygen atoms in total. The maximum atomic E-state index is 11.7. The molecule has 5 N–H and O–H groups in total. The highest BCUT2D eigenvalue weighted by atomic mass is 16.4. The fourth-order valence-electron chi connectivity index (χ4n) is 1.03. The normalized spacial score (nSPS) is 13.9. The number of aliphatic carboxylic acids is 1. The average molecular weight is 210 g/mol. The molecule has 0 amide bonds. The van der Waals surface area contributed by atoms with Crippen LogP contribution in [0.2, 0.25) is 0 Å². The van der Waals surface area contributed by atoms with Crippen LogP contribution in [0.15, 0.2) is 24.2 Å². The number of hydrogen-bond acceptors (Lipinski definition) is 4. The van der Waals surface area contributed by atoms with Crippen molar-refractivity contribution < 1.29 is 17.4 Å². The molecule has 0 radical (unpaired) electrons. The zero-order chi connectivity index (χ0) is 13.2. The fraction of sp³-hybridized carbons (Fsp3) is 0.200. The number of carboxylic acids is 1. The second-order valence-electron chi connectivity index (χ2n) is 3.00. The summed E-state index contributed by atoms with van der Waals surface area (Å²) in [6, 6.07) is 0.916. The third kappa shape index (κ3) is 2.78. The molecule has 0 heterocycles. The first-order valence-corrected chi connectivity index (χ1v) is 4.21. The van der Waals surface area contributed by atoms with Gasteiger partial charge in [0, 0.05) is 17.7 Å². The number of benzene rings is 1. The molecular weight excluding hydrogens is 196 g/mol. The van der Waals surface area contributed by atoms with E-state index in [1.54, 1.807) is 0 Å². The van der Waals surface area contributed by atoms with Crippen LogP contribution in [0, 0.1) is 0 Å². The first kappa shape index (κ1) is 8.43. The van der Waals surface area contributed by atoms with E-state index in [0.717, 1.165) is 0 Å². The minimum Gasteiger partial charge on any atom is -0.480 e. The van der Waals surface area contributed by atoms with Gasteiger partial charge in [-0.3, -0.25) is 9.59 Å². The lowest BCUT2D eigenvalue weighted by Crippen LogP contribution is -2.32. The molecule has 15 heavy (non-hydrogen) atoms. The molecule has 0 bridgehead atoms.